The van der Waals surface area contributed by atoms with Gasteiger partial charge < -0.3 is 11.1 Å². The molecule has 1 aromatic carbocycles. The molecule has 106 valence electrons. The Labute approximate surface area is 120 Å². The second-order valence-corrected chi connectivity index (χ2v) is 5.98. The van der Waals surface area contributed by atoms with Gasteiger partial charge in [0.05, 0.1) is 0 Å². The van der Waals surface area contributed by atoms with E-state index in [-0.39, 0.29) is 11.3 Å². The molecule has 19 heavy (non-hydrogen) atoms. The van der Waals surface area contributed by atoms with Crippen LogP contribution in [0.5, 0.6) is 0 Å². The maximum absolute atomic E-state index is 11.8. The van der Waals surface area contributed by atoms with Crippen LogP contribution in [0.1, 0.15) is 38.7 Å². The van der Waals surface area contributed by atoms with Crippen molar-refractivity contribution in [2.24, 2.45) is 11.1 Å². The van der Waals surface area contributed by atoms with Gasteiger partial charge in [-0.05, 0) is 36.4 Å². The zero-order chi connectivity index (χ0) is 14.3. The molecule has 0 aliphatic carbocycles. The molecule has 4 heteroatoms. The molecule has 0 saturated carbocycles. The summed E-state index contributed by atoms with van der Waals surface area (Å²) in [5.41, 5.74) is 6.62. The van der Waals surface area contributed by atoms with Crippen LogP contribution in [0.15, 0.2) is 24.3 Å². The number of amides is 1. The van der Waals surface area contributed by atoms with Crippen LogP contribution < -0.4 is 11.1 Å². The van der Waals surface area contributed by atoms with Crippen molar-refractivity contribution in [2.45, 2.75) is 39.7 Å². The Morgan fingerprint density at radius 3 is 2.63 bits per heavy atom. The molecule has 0 radical (unpaired) electrons. The molecule has 1 aromatic rings. The second-order valence-electron chi connectivity index (χ2n) is 5.57. The fraction of sp³-hybridized carbons (Fsp3) is 0.533. The summed E-state index contributed by atoms with van der Waals surface area (Å²) in [6.45, 7) is 5.42. The van der Waals surface area contributed by atoms with E-state index in [9.17, 15) is 4.79 Å². The van der Waals surface area contributed by atoms with Gasteiger partial charge in [0.25, 0.3) is 0 Å². The Kier molecular flexibility index (Phi) is 6.32. The van der Waals surface area contributed by atoms with Gasteiger partial charge >= 0.3 is 0 Å². The fourth-order valence-electron chi connectivity index (χ4n) is 1.89. The fourth-order valence-corrected chi connectivity index (χ4v) is 2.09. The van der Waals surface area contributed by atoms with E-state index in [4.69, 9.17) is 17.3 Å². The number of hydrogen-bond donors (Lipinski definition) is 2. The number of carbonyl (C=O) groups is 1. The van der Waals surface area contributed by atoms with Gasteiger partial charge in [0, 0.05) is 18.0 Å². The van der Waals surface area contributed by atoms with Crippen molar-refractivity contribution in [1.29, 1.82) is 0 Å². The summed E-state index contributed by atoms with van der Waals surface area (Å²) in [7, 11) is 0. The van der Waals surface area contributed by atoms with Crippen LogP contribution in [0.3, 0.4) is 0 Å². The molecule has 0 fully saturated rings. The largest absolute Gasteiger partial charge is 0.352 e. The van der Waals surface area contributed by atoms with Gasteiger partial charge in [0.1, 0.15) is 0 Å². The van der Waals surface area contributed by atoms with Crippen molar-refractivity contribution in [3.63, 3.8) is 0 Å². The van der Waals surface area contributed by atoms with Gasteiger partial charge in [-0.2, -0.15) is 0 Å². The summed E-state index contributed by atoms with van der Waals surface area (Å²) in [6, 6.07) is 7.54. The van der Waals surface area contributed by atoms with E-state index in [0.717, 1.165) is 18.4 Å². The first kappa shape index (κ1) is 16.0. The lowest BCUT2D eigenvalue weighted by Crippen LogP contribution is -2.25. The molecule has 1 amide bonds. The Morgan fingerprint density at radius 2 is 2.00 bits per heavy atom. The summed E-state index contributed by atoms with van der Waals surface area (Å²) < 4.78 is 0. The molecule has 0 aliphatic heterocycles. The highest BCUT2D eigenvalue weighted by atomic mass is 35.5. The van der Waals surface area contributed by atoms with Gasteiger partial charge in [-0.1, -0.05) is 43.6 Å². The molecule has 0 aliphatic rings. The molecule has 3 N–H and O–H groups in total. The highest BCUT2D eigenvalue weighted by molar-refractivity contribution is 6.31. The molecular formula is C15H23ClN2O. The predicted molar refractivity (Wildman–Crippen MR) is 80.0 cm³/mol. The SMILES string of the molecule is CC(C)(CCN)CCC(=O)NCc1ccccc1Cl. The quantitative estimate of drug-likeness (QED) is 0.807. The van der Waals surface area contributed by atoms with E-state index in [2.05, 4.69) is 19.2 Å². The minimum atomic E-state index is 0.0602. The van der Waals surface area contributed by atoms with Crippen molar-refractivity contribution in [3.8, 4) is 0 Å². The second kappa shape index (κ2) is 7.51. The van der Waals surface area contributed by atoms with Crippen LogP contribution in [0.25, 0.3) is 0 Å². The van der Waals surface area contributed by atoms with Crippen LogP contribution in [0.4, 0.5) is 0 Å². The molecule has 0 saturated heterocycles. The van der Waals surface area contributed by atoms with Crippen LogP contribution in [0, 0.1) is 5.41 Å². The molecule has 0 unspecified atom stereocenters. The minimum absolute atomic E-state index is 0.0602. The number of nitrogens with two attached hydrogens (primary N) is 1. The van der Waals surface area contributed by atoms with Crippen molar-refractivity contribution >= 4 is 17.5 Å². The number of hydrogen-bond acceptors (Lipinski definition) is 2. The third-order valence-corrected chi connectivity index (χ3v) is 3.65. The third-order valence-electron chi connectivity index (χ3n) is 3.28. The summed E-state index contributed by atoms with van der Waals surface area (Å²) in [4.78, 5) is 11.8. The monoisotopic (exact) mass is 282 g/mol. The topological polar surface area (TPSA) is 55.1 Å². The lowest BCUT2D eigenvalue weighted by molar-refractivity contribution is -0.121. The van der Waals surface area contributed by atoms with Crippen molar-refractivity contribution < 1.29 is 4.79 Å². The summed E-state index contributed by atoms with van der Waals surface area (Å²) in [6.07, 6.45) is 2.31. The number of nitrogens with one attached hydrogen (secondary N) is 1. The highest BCUT2D eigenvalue weighted by Crippen LogP contribution is 2.25. The number of carbonyl (C=O) groups excluding carboxylic acids is 1. The predicted octanol–water partition coefficient (Wildman–Crippen LogP) is 3.11. The Hall–Kier alpha value is -1.06. The third kappa shape index (κ3) is 6.08. The molecule has 0 bridgehead atoms. The Morgan fingerprint density at radius 1 is 1.32 bits per heavy atom. The van der Waals surface area contributed by atoms with Gasteiger partial charge in [0.2, 0.25) is 5.91 Å². The maximum Gasteiger partial charge on any atom is 0.220 e. The standard InChI is InChI=1S/C15H23ClN2O/c1-15(2,9-10-17)8-7-14(19)18-11-12-5-3-4-6-13(12)16/h3-6H,7-11,17H2,1-2H3,(H,18,19). The first-order valence-corrected chi connectivity index (χ1v) is 7.02. The van der Waals surface area contributed by atoms with E-state index in [1.807, 2.05) is 24.3 Å². The average molecular weight is 283 g/mol. The molecule has 1 rings (SSSR count). The minimum Gasteiger partial charge on any atom is -0.352 e. The first-order chi connectivity index (χ1) is 8.94. The van der Waals surface area contributed by atoms with Gasteiger partial charge in [0.15, 0.2) is 0 Å². The van der Waals surface area contributed by atoms with E-state index < -0.39 is 0 Å². The number of rotatable bonds is 7. The lowest BCUT2D eigenvalue weighted by atomic mass is 9.84. The maximum atomic E-state index is 11.8. The summed E-state index contributed by atoms with van der Waals surface area (Å²) >= 11 is 6.03. The van der Waals surface area contributed by atoms with Gasteiger partial charge in [-0.3, -0.25) is 4.79 Å². The molecular weight excluding hydrogens is 260 g/mol. The van der Waals surface area contributed by atoms with E-state index in [1.54, 1.807) is 0 Å². The van der Waals surface area contributed by atoms with Crippen LogP contribution in [0.2, 0.25) is 5.02 Å². The van der Waals surface area contributed by atoms with Crippen molar-refractivity contribution in [1.82, 2.24) is 5.32 Å². The van der Waals surface area contributed by atoms with Crippen LogP contribution in [-0.2, 0) is 11.3 Å². The summed E-state index contributed by atoms with van der Waals surface area (Å²) in [5.74, 6) is 0.0602. The molecule has 0 spiro atoms. The lowest BCUT2D eigenvalue weighted by Gasteiger charge is -2.23. The zero-order valence-corrected chi connectivity index (χ0v) is 12.5. The van der Waals surface area contributed by atoms with Crippen LogP contribution >= 0.6 is 11.6 Å². The van der Waals surface area contributed by atoms with Crippen LogP contribution in [-0.4, -0.2) is 12.5 Å². The van der Waals surface area contributed by atoms with Gasteiger partial charge in [-0.15, -0.1) is 0 Å². The number of halogens is 1. The summed E-state index contributed by atoms with van der Waals surface area (Å²) in [5, 5.41) is 3.59. The zero-order valence-electron chi connectivity index (χ0n) is 11.7. The Bertz CT molecular complexity index is 418. The van der Waals surface area contributed by atoms with Crippen molar-refractivity contribution in [2.75, 3.05) is 6.54 Å². The molecule has 0 aromatic heterocycles. The molecule has 0 atom stereocenters. The van der Waals surface area contributed by atoms with Gasteiger partial charge in [-0.25, -0.2) is 0 Å². The normalized spacial score (nSPS) is 11.4. The smallest absolute Gasteiger partial charge is 0.220 e. The highest BCUT2D eigenvalue weighted by Gasteiger charge is 2.18. The van der Waals surface area contributed by atoms with Crippen molar-refractivity contribution in [3.05, 3.63) is 34.9 Å². The first-order valence-electron chi connectivity index (χ1n) is 6.65. The molecule has 0 heterocycles. The molecule has 3 nitrogen and oxygen atoms in total. The van der Waals surface area contributed by atoms with E-state index >= 15 is 0 Å². The van der Waals surface area contributed by atoms with E-state index in [0.29, 0.717) is 24.5 Å². The average Bonchev–Trinajstić information content (AvgIpc) is 2.35. The Balaban J connectivity index is 2.35. The number of benzene rings is 1. The van der Waals surface area contributed by atoms with E-state index in [1.165, 1.54) is 0 Å².